The van der Waals surface area contributed by atoms with Crippen LogP contribution in [0.15, 0.2) is 33.6 Å². The van der Waals surface area contributed by atoms with E-state index in [1.807, 2.05) is 18.7 Å². The van der Waals surface area contributed by atoms with E-state index in [0.29, 0.717) is 37.3 Å². The molecule has 0 radical (unpaired) electrons. The van der Waals surface area contributed by atoms with Gasteiger partial charge in [0.05, 0.1) is 5.92 Å². The van der Waals surface area contributed by atoms with E-state index in [-0.39, 0.29) is 35.3 Å². The third-order valence-electron chi connectivity index (χ3n) is 5.11. The SMILES string of the molecule is CC[C@H](C)NC(=O)COC(=O)C1CCN(C2=NS(=O)(=O)c3ccccc32)CC1. The van der Waals surface area contributed by atoms with Crippen LogP contribution < -0.4 is 5.32 Å². The first-order valence-corrected chi connectivity index (χ1v) is 10.9. The van der Waals surface area contributed by atoms with E-state index >= 15 is 0 Å². The first kappa shape index (κ1) is 20.3. The Bertz CT molecular complexity index is 889. The lowest BCUT2D eigenvalue weighted by Crippen LogP contribution is -2.41. The van der Waals surface area contributed by atoms with Gasteiger partial charge in [0, 0.05) is 24.7 Å². The van der Waals surface area contributed by atoms with Gasteiger partial charge in [-0.15, -0.1) is 4.40 Å². The predicted molar refractivity (Wildman–Crippen MR) is 103 cm³/mol. The Labute approximate surface area is 165 Å². The zero-order chi connectivity index (χ0) is 20.3. The first-order valence-electron chi connectivity index (χ1n) is 9.47. The Hall–Kier alpha value is -2.42. The molecule has 1 amide bonds. The number of nitrogens with zero attached hydrogens (tertiary/aromatic N) is 2. The van der Waals surface area contributed by atoms with Crippen molar-refractivity contribution in [3.8, 4) is 0 Å². The molecule has 1 N–H and O–H groups in total. The van der Waals surface area contributed by atoms with Gasteiger partial charge in [-0.3, -0.25) is 9.59 Å². The Morgan fingerprint density at radius 3 is 2.64 bits per heavy atom. The fraction of sp³-hybridized carbons (Fsp3) is 0.526. The number of likely N-dealkylation sites (tertiary alicyclic amines) is 1. The lowest BCUT2D eigenvalue weighted by molar-refractivity contribution is -0.153. The van der Waals surface area contributed by atoms with Gasteiger partial charge in [-0.1, -0.05) is 19.1 Å². The van der Waals surface area contributed by atoms with Crippen LogP contribution in [-0.4, -0.2) is 56.8 Å². The molecule has 1 aromatic rings. The van der Waals surface area contributed by atoms with Crippen molar-refractivity contribution in [2.45, 2.75) is 44.0 Å². The van der Waals surface area contributed by atoms with Gasteiger partial charge in [0.2, 0.25) is 0 Å². The van der Waals surface area contributed by atoms with Crippen molar-refractivity contribution in [1.29, 1.82) is 0 Å². The number of amides is 1. The molecule has 0 unspecified atom stereocenters. The van der Waals surface area contributed by atoms with Crippen molar-refractivity contribution in [3.05, 3.63) is 29.8 Å². The Kier molecular flexibility index (Phi) is 6.02. The van der Waals surface area contributed by atoms with Crippen molar-refractivity contribution >= 4 is 27.7 Å². The van der Waals surface area contributed by atoms with Crippen LogP contribution in [0.3, 0.4) is 0 Å². The lowest BCUT2D eigenvalue weighted by Gasteiger charge is -2.32. The average molecular weight is 407 g/mol. The summed E-state index contributed by atoms with van der Waals surface area (Å²) in [5.74, 6) is -0.556. The van der Waals surface area contributed by atoms with E-state index in [9.17, 15) is 18.0 Å². The van der Waals surface area contributed by atoms with Gasteiger partial charge in [0.1, 0.15) is 4.90 Å². The molecule has 2 aliphatic rings. The number of amidine groups is 1. The van der Waals surface area contributed by atoms with Gasteiger partial charge in [0.25, 0.3) is 15.9 Å². The highest BCUT2D eigenvalue weighted by Gasteiger charge is 2.34. The minimum absolute atomic E-state index is 0.0424. The van der Waals surface area contributed by atoms with Gasteiger partial charge in [-0.25, -0.2) is 0 Å². The number of nitrogens with one attached hydrogen (secondary N) is 1. The second-order valence-electron chi connectivity index (χ2n) is 7.13. The van der Waals surface area contributed by atoms with Gasteiger partial charge in [-0.2, -0.15) is 8.42 Å². The van der Waals surface area contributed by atoms with Crippen molar-refractivity contribution in [2.75, 3.05) is 19.7 Å². The molecule has 9 heteroatoms. The largest absolute Gasteiger partial charge is 0.455 e. The number of benzene rings is 1. The summed E-state index contributed by atoms with van der Waals surface area (Å²) in [6.45, 7) is 4.58. The third kappa shape index (κ3) is 4.35. The molecule has 0 spiro atoms. The zero-order valence-electron chi connectivity index (χ0n) is 16.1. The molecule has 0 saturated carbocycles. The minimum Gasteiger partial charge on any atom is -0.455 e. The van der Waals surface area contributed by atoms with Crippen molar-refractivity contribution < 1.29 is 22.7 Å². The molecule has 1 saturated heterocycles. The van der Waals surface area contributed by atoms with Crippen LogP contribution in [0.2, 0.25) is 0 Å². The molecule has 3 rings (SSSR count). The second-order valence-corrected chi connectivity index (χ2v) is 8.70. The van der Waals surface area contributed by atoms with Crippen LogP contribution in [0, 0.1) is 5.92 Å². The van der Waals surface area contributed by atoms with Crippen molar-refractivity contribution in [2.24, 2.45) is 10.3 Å². The molecule has 1 fully saturated rings. The summed E-state index contributed by atoms with van der Waals surface area (Å²) in [6, 6.07) is 6.80. The highest BCUT2D eigenvalue weighted by molar-refractivity contribution is 7.90. The number of fused-ring (bicyclic) bond motifs is 1. The van der Waals surface area contributed by atoms with Crippen molar-refractivity contribution in [1.82, 2.24) is 10.2 Å². The van der Waals surface area contributed by atoms with Gasteiger partial charge < -0.3 is 15.0 Å². The van der Waals surface area contributed by atoms with E-state index in [0.717, 1.165) is 6.42 Å². The van der Waals surface area contributed by atoms with E-state index in [4.69, 9.17) is 4.74 Å². The van der Waals surface area contributed by atoms with Gasteiger partial charge in [0.15, 0.2) is 12.4 Å². The molecule has 2 heterocycles. The summed E-state index contributed by atoms with van der Waals surface area (Å²) >= 11 is 0. The number of esters is 1. The molecular formula is C19H25N3O5S. The maximum Gasteiger partial charge on any atom is 0.309 e. The highest BCUT2D eigenvalue weighted by atomic mass is 32.2. The van der Waals surface area contributed by atoms with E-state index in [1.165, 1.54) is 0 Å². The number of ether oxygens (including phenoxy) is 1. The summed E-state index contributed by atoms with van der Waals surface area (Å²) in [5.41, 5.74) is 0.602. The summed E-state index contributed by atoms with van der Waals surface area (Å²) in [5, 5.41) is 2.75. The minimum atomic E-state index is -3.65. The topological polar surface area (TPSA) is 105 Å². The van der Waals surface area contributed by atoms with Gasteiger partial charge in [-0.05, 0) is 38.3 Å². The standard InChI is InChI=1S/C19H25N3O5S/c1-3-13(2)20-17(23)12-27-19(24)14-8-10-22(11-9-14)18-15-6-4-5-7-16(15)28(25,26)21-18/h4-7,13-14H,3,8-12H2,1-2H3,(H,20,23)/t13-/m0/s1. The Morgan fingerprint density at radius 2 is 1.96 bits per heavy atom. The number of hydrogen-bond acceptors (Lipinski definition) is 6. The Morgan fingerprint density at radius 1 is 1.29 bits per heavy atom. The number of rotatable bonds is 5. The van der Waals surface area contributed by atoms with Gasteiger partial charge >= 0.3 is 5.97 Å². The summed E-state index contributed by atoms with van der Waals surface area (Å²) in [6.07, 6.45) is 1.85. The molecule has 2 aliphatic heterocycles. The van der Waals surface area contributed by atoms with Crippen LogP contribution in [-0.2, 0) is 24.3 Å². The first-order chi connectivity index (χ1) is 13.3. The maximum atomic E-state index is 12.2. The van der Waals surface area contributed by atoms with E-state index in [1.54, 1.807) is 24.3 Å². The molecule has 28 heavy (non-hydrogen) atoms. The van der Waals surface area contributed by atoms with Crippen molar-refractivity contribution in [3.63, 3.8) is 0 Å². The number of carbonyl (C=O) groups is 2. The lowest BCUT2D eigenvalue weighted by atomic mass is 9.96. The maximum absolute atomic E-state index is 12.2. The molecule has 1 aromatic carbocycles. The number of carbonyl (C=O) groups excluding carboxylic acids is 2. The number of piperidine rings is 1. The molecule has 8 nitrogen and oxygen atoms in total. The van der Waals surface area contributed by atoms with Crippen LogP contribution in [0.5, 0.6) is 0 Å². The van der Waals surface area contributed by atoms with Crippen LogP contribution in [0.4, 0.5) is 0 Å². The Balaban J connectivity index is 1.54. The fourth-order valence-corrected chi connectivity index (χ4v) is 4.54. The summed E-state index contributed by atoms with van der Waals surface area (Å²) in [7, 11) is -3.65. The summed E-state index contributed by atoms with van der Waals surface area (Å²) < 4.78 is 33.5. The predicted octanol–water partition coefficient (Wildman–Crippen LogP) is 1.31. The normalized spacial score (nSPS) is 19.5. The smallest absolute Gasteiger partial charge is 0.309 e. The number of sulfonamides is 1. The molecule has 0 aliphatic carbocycles. The molecular weight excluding hydrogens is 382 g/mol. The molecule has 0 bridgehead atoms. The zero-order valence-corrected chi connectivity index (χ0v) is 16.9. The van der Waals surface area contributed by atoms with Crippen LogP contribution in [0.1, 0.15) is 38.7 Å². The number of hydrogen-bond donors (Lipinski definition) is 1. The molecule has 152 valence electrons. The molecule has 0 aromatic heterocycles. The monoisotopic (exact) mass is 407 g/mol. The average Bonchev–Trinajstić information content (AvgIpc) is 2.97. The van der Waals surface area contributed by atoms with Crippen LogP contribution in [0.25, 0.3) is 0 Å². The highest BCUT2D eigenvalue weighted by Crippen LogP contribution is 2.29. The second kappa shape index (κ2) is 8.30. The van der Waals surface area contributed by atoms with E-state index in [2.05, 4.69) is 9.71 Å². The van der Waals surface area contributed by atoms with E-state index < -0.39 is 10.0 Å². The third-order valence-corrected chi connectivity index (χ3v) is 6.43. The fourth-order valence-electron chi connectivity index (χ4n) is 3.32. The quantitative estimate of drug-likeness (QED) is 0.738. The summed E-state index contributed by atoms with van der Waals surface area (Å²) in [4.78, 5) is 26.1. The molecule has 1 atom stereocenters. The van der Waals surface area contributed by atoms with Crippen LogP contribution >= 0.6 is 0 Å².